The third-order valence-corrected chi connectivity index (χ3v) is 4.36. The fourth-order valence-electron chi connectivity index (χ4n) is 2.47. The summed E-state index contributed by atoms with van der Waals surface area (Å²) in [5.41, 5.74) is 0.359. The maximum absolute atomic E-state index is 11.9. The van der Waals surface area contributed by atoms with Gasteiger partial charge in [-0.15, -0.1) is 0 Å². The molecule has 0 unspecified atom stereocenters. The number of aliphatic hydroxyl groups excluding tert-OH is 1. The fourth-order valence-corrected chi connectivity index (χ4v) is 2.77. The Kier molecular flexibility index (Phi) is 5.08. The van der Waals surface area contributed by atoms with E-state index in [0.29, 0.717) is 10.0 Å². The molecular weight excluding hydrogens is 297 g/mol. The van der Waals surface area contributed by atoms with Crippen LogP contribution in [0.4, 0.5) is 0 Å². The molecule has 5 heteroatoms. The van der Waals surface area contributed by atoms with Gasteiger partial charge in [-0.25, -0.2) is 0 Å². The van der Waals surface area contributed by atoms with Crippen LogP contribution in [0.2, 0.25) is 10.0 Å². The molecule has 1 aliphatic carbocycles. The highest BCUT2D eigenvalue weighted by molar-refractivity contribution is 6.42. The minimum atomic E-state index is -0.445. The first-order valence-corrected chi connectivity index (χ1v) is 7.36. The average molecular weight is 314 g/mol. The zero-order chi connectivity index (χ0) is 14.6. The standard InChI is InChI=1S/C15H17Cl2NO2/c16-12-5-3-11(9-13(12)17)4-6-14(20)18-15(10-19)7-1-2-8-15/h3-6,9,19H,1-2,7-8,10H2,(H,18,20). The van der Waals surface area contributed by atoms with Crippen molar-refractivity contribution in [2.75, 3.05) is 6.61 Å². The first kappa shape index (κ1) is 15.4. The number of rotatable bonds is 4. The molecule has 0 aromatic heterocycles. The highest BCUT2D eigenvalue weighted by Crippen LogP contribution is 2.29. The monoisotopic (exact) mass is 313 g/mol. The molecule has 2 rings (SSSR count). The molecule has 3 nitrogen and oxygen atoms in total. The van der Waals surface area contributed by atoms with Crippen LogP contribution in [-0.2, 0) is 4.79 Å². The summed E-state index contributed by atoms with van der Waals surface area (Å²) in [6, 6.07) is 5.17. The normalized spacial score (nSPS) is 17.6. The van der Waals surface area contributed by atoms with Gasteiger partial charge in [-0.3, -0.25) is 4.79 Å². The van der Waals surface area contributed by atoms with Crippen molar-refractivity contribution in [2.45, 2.75) is 31.2 Å². The van der Waals surface area contributed by atoms with E-state index in [1.165, 1.54) is 6.08 Å². The smallest absolute Gasteiger partial charge is 0.244 e. The minimum absolute atomic E-state index is 0.0145. The maximum Gasteiger partial charge on any atom is 0.244 e. The highest BCUT2D eigenvalue weighted by Gasteiger charge is 2.33. The number of carbonyl (C=O) groups excluding carboxylic acids is 1. The molecule has 1 aromatic carbocycles. The second kappa shape index (κ2) is 6.61. The van der Waals surface area contributed by atoms with Crippen molar-refractivity contribution in [1.82, 2.24) is 5.32 Å². The van der Waals surface area contributed by atoms with Crippen LogP contribution in [0.15, 0.2) is 24.3 Å². The predicted octanol–water partition coefficient (Wildman–Crippen LogP) is 3.43. The summed E-state index contributed by atoms with van der Waals surface area (Å²) in [6.45, 7) is -0.0145. The van der Waals surface area contributed by atoms with Gasteiger partial charge in [0.1, 0.15) is 0 Å². The Morgan fingerprint density at radius 3 is 2.60 bits per heavy atom. The molecule has 20 heavy (non-hydrogen) atoms. The number of halogens is 2. The van der Waals surface area contributed by atoms with Crippen LogP contribution >= 0.6 is 23.2 Å². The summed E-state index contributed by atoms with van der Waals surface area (Å²) in [5, 5.41) is 13.3. The van der Waals surface area contributed by atoms with Crippen molar-refractivity contribution in [2.24, 2.45) is 0 Å². The van der Waals surface area contributed by atoms with Crippen molar-refractivity contribution in [1.29, 1.82) is 0 Å². The average Bonchev–Trinajstić information content (AvgIpc) is 2.89. The van der Waals surface area contributed by atoms with Crippen molar-refractivity contribution in [3.05, 3.63) is 39.9 Å². The van der Waals surface area contributed by atoms with E-state index in [4.69, 9.17) is 23.2 Å². The molecule has 1 amide bonds. The lowest BCUT2D eigenvalue weighted by atomic mass is 9.99. The van der Waals surface area contributed by atoms with Crippen molar-refractivity contribution < 1.29 is 9.90 Å². The minimum Gasteiger partial charge on any atom is -0.394 e. The third kappa shape index (κ3) is 3.75. The van der Waals surface area contributed by atoms with Gasteiger partial charge in [0.15, 0.2) is 0 Å². The van der Waals surface area contributed by atoms with Gasteiger partial charge < -0.3 is 10.4 Å². The highest BCUT2D eigenvalue weighted by atomic mass is 35.5. The van der Waals surface area contributed by atoms with Crippen molar-refractivity contribution in [3.63, 3.8) is 0 Å². The number of hydrogen-bond acceptors (Lipinski definition) is 2. The molecule has 0 aliphatic heterocycles. The molecule has 1 aliphatic rings. The number of aliphatic hydroxyl groups is 1. The quantitative estimate of drug-likeness (QED) is 0.837. The van der Waals surface area contributed by atoms with Crippen LogP contribution in [0.5, 0.6) is 0 Å². The van der Waals surface area contributed by atoms with Gasteiger partial charge >= 0.3 is 0 Å². The molecule has 2 N–H and O–H groups in total. The first-order valence-electron chi connectivity index (χ1n) is 6.61. The molecule has 108 valence electrons. The second-order valence-electron chi connectivity index (χ2n) is 5.14. The molecule has 0 atom stereocenters. The van der Waals surface area contributed by atoms with Crippen LogP contribution in [0.1, 0.15) is 31.2 Å². The lowest BCUT2D eigenvalue weighted by molar-refractivity contribution is -0.118. The number of nitrogens with one attached hydrogen (secondary N) is 1. The van der Waals surface area contributed by atoms with E-state index in [0.717, 1.165) is 31.2 Å². The second-order valence-corrected chi connectivity index (χ2v) is 5.96. The van der Waals surface area contributed by atoms with Gasteiger partial charge in [0.05, 0.1) is 22.2 Å². The summed E-state index contributed by atoms with van der Waals surface area (Å²) in [4.78, 5) is 11.9. The Hall–Kier alpha value is -1.03. The zero-order valence-electron chi connectivity index (χ0n) is 11.0. The number of carbonyl (C=O) groups is 1. The van der Waals surface area contributed by atoms with E-state index >= 15 is 0 Å². The molecule has 0 heterocycles. The molecule has 1 aromatic rings. The van der Waals surface area contributed by atoms with Gasteiger partial charge in [0.25, 0.3) is 0 Å². The third-order valence-electron chi connectivity index (χ3n) is 3.62. The lowest BCUT2D eigenvalue weighted by Gasteiger charge is -2.27. The Labute approximate surface area is 128 Å². The maximum atomic E-state index is 11.9. The van der Waals surface area contributed by atoms with Crippen LogP contribution in [0, 0.1) is 0 Å². The van der Waals surface area contributed by atoms with Crippen LogP contribution in [0.25, 0.3) is 6.08 Å². The molecule has 0 bridgehead atoms. The van der Waals surface area contributed by atoms with Gasteiger partial charge in [0.2, 0.25) is 5.91 Å². The van der Waals surface area contributed by atoms with E-state index < -0.39 is 5.54 Å². The Morgan fingerprint density at radius 1 is 1.30 bits per heavy atom. The van der Waals surface area contributed by atoms with Crippen LogP contribution in [0.3, 0.4) is 0 Å². The largest absolute Gasteiger partial charge is 0.394 e. The lowest BCUT2D eigenvalue weighted by Crippen LogP contribution is -2.48. The zero-order valence-corrected chi connectivity index (χ0v) is 12.5. The molecule has 0 saturated heterocycles. The predicted molar refractivity (Wildman–Crippen MR) is 81.9 cm³/mol. The number of amides is 1. The van der Waals surface area contributed by atoms with Crippen LogP contribution < -0.4 is 5.32 Å². The molecule has 1 saturated carbocycles. The SMILES string of the molecule is O=C(C=Cc1ccc(Cl)c(Cl)c1)NC1(CO)CCCC1. The molecule has 0 radical (unpaired) electrons. The molecule has 0 spiro atoms. The Morgan fingerprint density at radius 2 is 2.00 bits per heavy atom. The molecular formula is C15H17Cl2NO2. The fraction of sp³-hybridized carbons (Fsp3) is 0.400. The summed E-state index contributed by atoms with van der Waals surface area (Å²) in [5.74, 6) is -0.202. The Bertz CT molecular complexity index is 523. The summed E-state index contributed by atoms with van der Waals surface area (Å²) >= 11 is 11.7. The van der Waals surface area contributed by atoms with E-state index in [-0.39, 0.29) is 12.5 Å². The Balaban J connectivity index is 2.00. The topological polar surface area (TPSA) is 49.3 Å². The van der Waals surface area contributed by atoms with Gasteiger partial charge in [-0.2, -0.15) is 0 Å². The van der Waals surface area contributed by atoms with Crippen molar-refractivity contribution >= 4 is 35.2 Å². The molecule has 1 fully saturated rings. The summed E-state index contributed by atoms with van der Waals surface area (Å²) < 4.78 is 0. The summed E-state index contributed by atoms with van der Waals surface area (Å²) in [7, 11) is 0. The van der Waals surface area contributed by atoms with Crippen LogP contribution in [-0.4, -0.2) is 23.2 Å². The van der Waals surface area contributed by atoms with Gasteiger partial charge in [-0.05, 0) is 36.6 Å². The van der Waals surface area contributed by atoms with E-state index in [1.54, 1.807) is 24.3 Å². The van der Waals surface area contributed by atoms with Gasteiger partial charge in [0, 0.05) is 6.08 Å². The number of benzene rings is 1. The van der Waals surface area contributed by atoms with E-state index in [2.05, 4.69) is 5.32 Å². The van der Waals surface area contributed by atoms with E-state index in [9.17, 15) is 9.90 Å². The van der Waals surface area contributed by atoms with E-state index in [1.807, 2.05) is 0 Å². The summed E-state index contributed by atoms with van der Waals surface area (Å²) in [6.07, 6.45) is 6.87. The number of hydrogen-bond donors (Lipinski definition) is 2. The first-order chi connectivity index (χ1) is 9.54. The van der Waals surface area contributed by atoms with Crippen molar-refractivity contribution in [3.8, 4) is 0 Å². The van der Waals surface area contributed by atoms with Gasteiger partial charge in [-0.1, -0.05) is 42.1 Å².